The molecule has 5 nitrogen and oxygen atoms in total. The summed E-state index contributed by atoms with van der Waals surface area (Å²) < 4.78 is 3.56. The summed E-state index contributed by atoms with van der Waals surface area (Å²) in [6.07, 6.45) is 0. The number of hydrogen-bond acceptors (Lipinski definition) is 2. The molecule has 2 aromatic carbocycles. The average Bonchev–Trinajstić information content (AvgIpc) is 3.18. The van der Waals surface area contributed by atoms with Gasteiger partial charge in [-0.2, -0.15) is 0 Å². The van der Waals surface area contributed by atoms with Crippen LogP contribution in [0.3, 0.4) is 0 Å². The second kappa shape index (κ2) is 7.34. The molecule has 1 N–H and O–H groups in total. The third-order valence-corrected chi connectivity index (χ3v) is 5.68. The Morgan fingerprint density at radius 2 is 1.68 bits per heavy atom. The lowest BCUT2D eigenvalue weighted by molar-refractivity contribution is 0.0933. The van der Waals surface area contributed by atoms with Crippen LogP contribution in [0.25, 0.3) is 11.0 Å². The predicted octanol–water partition coefficient (Wildman–Crippen LogP) is 4.74. The molecule has 28 heavy (non-hydrogen) atoms. The Morgan fingerprint density at radius 3 is 2.32 bits per heavy atom. The first-order valence-corrected chi connectivity index (χ1v) is 9.51. The zero-order chi connectivity index (χ0) is 19.8. The average molecular weight is 413 g/mol. The van der Waals surface area contributed by atoms with E-state index >= 15 is 0 Å². The number of nitrogens with zero attached hydrogens (tertiary/aromatic N) is 3. The largest absolute Gasteiger partial charge is 0.337 e. The van der Waals surface area contributed by atoms with Crippen molar-refractivity contribution in [1.29, 1.82) is 0 Å². The van der Waals surface area contributed by atoms with Gasteiger partial charge in [0.05, 0.1) is 16.1 Å². The summed E-state index contributed by atoms with van der Waals surface area (Å²) in [7, 11) is 3.65. The molecule has 1 atom stereocenters. The van der Waals surface area contributed by atoms with Gasteiger partial charge in [-0.3, -0.25) is 4.79 Å². The standard InChI is InChI=1S/C21H18Cl2N4O/c1-26-17(12-14(22)19(26)23)21(28)25-18(13-8-4-3-5-9-13)20-24-15-10-6-7-11-16(15)27(20)2/h3-12,18H,1-2H3,(H,25,28). The van der Waals surface area contributed by atoms with Gasteiger partial charge in [-0.05, 0) is 23.8 Å². The maximum absolute atomic E-state index is 13.0. The van der Waals surface area contributed by atoms with Crippen molar-refractivity contribution in [3.63, 3.8) is 0 Å². The molecule has 4 aromatic rings. The van der Waals surface area contributed by atoms with Crippen molar-refractivity contribution in [2.24, 2.45) is 14.1 Å². The summed E-state index contributed by atoms with van der Waals surface area (Å²) in [4.78, 5) is 17.8. The van der Waals surface area contributed by atoms with E-state index in [1.54, 1.807) is 17.7 Å². The number of imidazole rings is 1. The van der Waals surface area contributed by atoms with Crippen LogP contribution in [-0.4, -0.2) is 20.0 Å². The Hall–Kier alpha value is -2.76. The predicted molar refractivity (Wildman–Crippen MR) is 112 cm³/mol. The van der Waals surface area contributed by atoms with Gasteiger partial charge in [-0.25, -0.2) is 4.98 Å². The lowest BCUT2D eigenvalue weighted by atomic mass is 10.1. The van der Waals surface area contributed by atoms with Crippen molar-refractivity contribution in [2.45, 2.75) is 6.04 Å². The summed E-state index contributed by atoms with van der Waals surface area (Å²) in [5, 5.41) is 3.75. The van der Waals surface area contributed by atoms with Crippen LogP contribution in [0.1, 0.15) is 27.9 Å². The molecule has 2 heterocycles. The van der Waals surface area contributed by atoms with E-state index < -0.39 is 6.04 Å². The molecule has 142 valence electrons. The van der Waals surface area contributed by atoms with Gasteiger partial charge in [-0.1, -0.05) is 65.7 Å². The van der Waals surface area contributed by atoms with E-state index in [0.717, 1.165) is 22.4 Å². The highest BCUT2D eigenvalue weighted by atomic mass is 35.5. The van der Waals surface area contributed by atoms with Crippen molar-refractivity contribution in [2.75, 3.05) is 0 Å². The van der Waals surface area contributed by atoms with E-state index in [0.29, 0.717) is 15.9 Å². The zero-order valence-electron chi connectivity index (χ0n) is 15.4. The Labute approximate surface area is 172 Å². The first-order valence-electron chi connectivity index (χ1n) is 8.75. The van der Waals surface area contributed by atoms with Crippen LogP contribution in [0, 0.1) is 0 Å². The van der Waals surface area contributed by atoms with Gasteiger partial charge in [0.1, 0.15) is 22.7 Å². The Morgan fingerprint density at radius 1 is 1.00 bits per heavy atom. The molecular weight excluding hydrogens is 395 g/mol. The SMILES string of the molecule is Cn1c(C(=O)NC(c2ccccc2)c2nc3ccccc3n2C)cc(Cl)c1Cl. The van der Waals surface area contributed by atoms with Gasteiger partial charge >= 0.3 is 0 Å². The number of fused-ring (bicyclic) bond motifs is 1. The molecule has 0 fully saturated rings. The van der Waals surface area contributed by atoms with Crippen molar-refractivity contribution >= 4 is 40.1 Å². The summed E-state index contributed by atoms with van der Waals surface area (Å²) in [5.41, 5.74) is 3.19. The van der Waals surface area contributed by atoms with Crippen LogP contribution < -0.4 is 5.32 Å². The minimum absolute atomic E-state index is 0.280. The molecule has 0 radical (unpaired) electrons. The minimum Gasteiger partial charge on any atom is -0.337 e. The number of nitrogens with one attached hydrogen (secondary N) is 1. The normalized spacial score (nSPS) is 12.3. The lowest BCUT2D eigenvalue weighted by Gasteiger charge is -2.19. The third-order valence-electron chi connectivity index (χ3n) is 4.84. The summed E-state index contributed by atoms with van der Waals surface area (Å²) in [5.74, 6) is 0.462. The maximum Gasteiger partial charge on any atom is 0.268 e. The topological polar surface area (TPSA) is 51.9 Å². The van der Waals surface area contributed by atoms with Gasteiger partial charge < -0.3 is 14.5 Å². The highest BCUT2D eigenvalue weighted by molar-refractivity contribution is 6.41. The number of halogens is 2. The van der Waals surface area contributed by atoms with Gasteiger partial charge in [0, 0.05) is 14.1 Å². The van der Waals surface area contributed by atoms with Gasteiger partial charge in [-0.15, -0.1) is 0 Å². The maximum atomic E-state index is 13.0. The van der Waals surface area contributed by atoms with Crippen LogP contribution in [0.2, 0.25) is 10.2 Å². The number of rotatable bonds is 4. The van der Waals surface area contributed by atoms with E-state index in [1.807, 2.05) is 66.2 Å². The lowest BCUT2D eigenvalue weighted by Crippen LogP contribution is -2.32. The fraction of sp³-hybridized carbons (Fsp3) is 0.143. The van der Waals surface area contributed by atoms with E-state index in [2.05, 4.69) is 5.32 Å². The van der Waals surface area contributed by atoms with Crippen LogP contribution in [0.5, 0.6) is 0 Å². The van der Waals surface area contributed by atoms with Crippen molar-refractivity contribution in [1.82, 2.24) is 19.4 Å². The molecule has 4 rings (SSSR count). The van der Waals surface area contributed by atoms with E-state index in [4.69, 9.17) is 28.2 Å². The van der Waals surface area contributed by atoms with Crippen LogP contribution >= 0.6 is 23.2 Å². The summed E-state index contributed by atoms with van der Waals surface area (Å²) in [6.45, 7) is 0. The first kappa shape index (κ1) is 18.6. The molecule has 2 aromatic heterocycles. The molecule has 1 unspecified atom stereocenters. The van der Waals surface area contributed by atoms with Crippen molar-refractivity contribution in [3.8, 4) is 0 Å². The number of aromatic nitrogens is 3. The minimum atomic E-state index is -0.432. The van der Waals surface area contributed by atoms with Crippen molar-refractivity contribution in [3.05, 3.63) is 87.9 Å². The summed E-state index contributed by atoms with van der Waals surface area (Å²) in [6, 6.07) is 18.8. The highest BCUT2D eigenvalue weighted by Gasteiger charge is 2.25. The number of carbonyl (C=O) groups is 1. The Kier molecular flexibility index (Phi) is 4.87. The van der Waals surface area contributed by atoms with Gasteiger partial charge in [0.15, 0.2) is 0 Å². The molecule has 0 aliphatic rings. The fourth-order valence-corrected chi connectivity index (χ4v) is 3.71. The molecule has 0 aliphatic heterocycles. The van der Waals surface area contributed by atoms with Gasteiger partial charge in [0.25, 0.3) is 5.91 Å². The molecule has 0 saturated heterocycles. The first-order chi connectivity index (χ1) is 13.5. The smallest absolute Gasteiger partial charge is 0.268 e. The summed E-state index contributed by atoms with van der Waals surface area (Å²) >= 11 is 12.2. The molecule has 7 heteroatoms. The molecule has 0 saturated carbocycles. The third kappa shape index (κ3) is 3.17. The number of benzene rings is 2. The monoisotopic (exact) mass is 412 g/mol. The zero-order valence-corrected chi connectivity index (χ0v) is 16.9. The quantitative estimate of drug-likeness (QED) is 0.526. The second-order valence-corrected chi connectivity index (χ2v) is 7.33. The highest BCUT2D eigenvalue weighted by Crippen LogP contribution is 2.28. The molecular formula is C21H18Cl2N4O. The van der Waals surface area contributed by atoms with Crippen LogP contribution in [-0.2, 0) is 14.1 Å². The van der Waals surface area contributed by atoms with Crippen molar-refractivity contribution < 1.29 is 4.79 Å². The number of carbonyl (C=O) groups excluding carboxylic acids is 1. The van der Waals surface area contributed by atoms with E-state index in [-0.39, 0.29) is 5.91 Å². The van der Waals surface area contributed by atoms with E-state index in [9.17, 15) is 4.79 Å². The molecule has 0 bridgehead atoms. The number of para-hydroxylation sites is 2. The number of hydrogen-bond donors (Lipinski definition) is 1. The number of aryl methyl sites for hydroxylation is 1. The number of amides is 1. The van der Waals surface area contributed by atoms with Gasteiger partial charge in [0.2, 0.25) is 0 Å². The van der Waals surface area contributed by atoms with Crippen LogP contribution in [0.4, 0.5) is 0 Å². The molecule has 0 aliphatic carbocycles. The molecule has 0 spiro atoms. The van der Waals surface area contributed by atoms with Crippen LogP contribution in [0.15, 0.2) is 60.7 Å². The second-order valence-electron chi connectivity index (χ2n) is 6.56. The Bertz CT molecular complexity index is 1160. The molecule has 1 amide bonds. The fourth-order valence-electron chi connectivity index (χ4n) is 3.33. The van der Waals surface area contributed by atoms with E-state index in [1.165, 1.54) is 0 Å². The Balaban J connectivity index is 1.79.